The van der Waals surface area contributed by atoms with Gasteiger partial charge >= 0.3 is 0 Å². The number of hydrogen-bond donors (Lipinski definition) is 1. The summed E-state index contributed by atoms with van der Waals surface area (Å²) in [7, 11) is 0. The Morgan fingerprint density at radius 1 is 1.33 bits per heavy atom. The second kappa shape index (κ2) is 5.80. The molecular weight excluding hydrogens is 260 g/mol. The van der Waals surface area contributed by atoms with Crippen LogP contribution in [0.2, 0.25) is 0 Å². The molecule has 1 aromatic rings. The van der Waals surface area contributed by atoms with Crippen molar-refractivity contribution in [3.63, 3.8) is 0 Å². The number of benzene rings is 1. The third-order valence-electron chi connectivity index (χ3n) is 5.05. The average Bonchev–Trinajstić information content (AvgIpc) is 3.28. The molecule has 3 heteroatoms. The van der Waals surface area contributed by atoms with Crippen LogP contribution in [0.5, 0.6) is 0 Å². The van der Waals surface area contributed by atoms with Crippen molar-refractivity contribution in [1.29, 1.82) is 0 Å². The second-order valence-corrected chi connectivity index (χ2v) is 6.69. The van der Waals surface area contributed by atoms with E-state index in [1.807, 2.05) is 0 Å². The fraction of sp³-hybridized carbons (Fsp3) is 0.611. The maximum Gasteiger partial charge on any atom is 0.241 e. The minimum Gasteiger partial charge on any atom is -0.321 e. The van der Waals surface area contributed by atoms with Crippen LogP contribution in [0.15, 0.2) is 24.3 Å². The van der Waals surface area contributed by atoms with Gasteiger partial charge in [0.2, 0.25) is 5.91 Å². The van der Waals surface area contributed by atoms with Gasteiger partial charge in [-0.25, -0.2) is 0 Å². The average molecular weight is 286 g/mol. The Bertz CT molecular complexity index is 524. The zero-order valence-electron chi connectivity index (χ0n) is 13.3. The van der Waals surface area contributed by atoms with Crippen LogP contribution in [0.1, 0.15) is 50.4 Å². The minimum absolute atomic E-state index is 0.0268. The van der Waals surface area contributed by atoms with Gasteiger partial charge in [-0.15, -0.1) is 0 Å². The molecule has 0 aromatic heterocycles. The summed E-state index contributed by atoms with van der Waals surface area (Å²) >= 11 is 0. The molecule has 1 N–H and O–H groups in total. The molecule has 3 rings (SSSR count). The predicted octanol–water partition coefficient (Wildman–Crippen LogP) is 3.25. The number of rotatable bonds is 5. The summed E-state index contributed by atoms with van der Waals surface area (Å²) in [4.78, 5) is 14.8. The first-order valence-corrected chi connectivity index (χ1v) is 8.23. The molecule has 0 spiro atoms. The Kier molecular flexibility index (Phi) is 4.03. The predicted molar refractivity (Wildman–Crippen MR) is 84.7 cm³/mol. The van der Waals surface area contributed by atoms with Gasteiger partial charge in [-0.05, 0) is 49.1 Å². The van der Waals surface area contributed by atoms with E-state index in [4.69, 9.17) is 0 Å². The maximum absolute atomic E-state index is 12.7. The van der Waals surface area contributed by atoms with Crippen molar-refractivity contribution in [2.75, 3.05) is 6.54 Å². The third-order valence-corrected chi connectivity index (χ3v) is 5.05. The second-order valence-electron chi connectivity index (χ2n) is 6.69. The molecule has 1 heterocycles. The molecule has 0 radical (unpaired) electrons. The van der Waals surface area contributed by atoms with Crippen molar-refractivity contribution in [1.82, 2.24) is 10.2 Å². The highest BCUT2D eigenvalue weighted by molar-refractivity contribution is 5.84. The van der Waals surface area contributed by atoms with Crippen molar-refractivity contribution in [2.45, 2.75) is 52.2 Å². The third kappa shape index (κ3) is 2.84. The number of nitrogens with one attached hydrogen (secondary N) is 1. The molecule has 3 unspecified atom stereocenters. The highest BCUT2D eigenvalue weighted by Gasteiger charge is 2.41. The number of hydrogen-bond acceptors (Lipinski definition) is 2. The Hall–Kier alpha value is -1.35. The molecule has 1 aromatic carbocycles. The molecule has 1 aliphatic carbocycles. The molecule has 1 aliphatic heterocycles. The molecule has 3 nitrogen and oxygen atoms in total. The normalized spacial score (nSPS) is 27.2. The van der Waals surface area contributed by atoms with Gasteiger partial charge < -0.3 is 4.90 Å². The van der Waals surface area contributed by atoms with Crippen molar-refractivity contribution in [3.05, 3.63) is 35.4 Å². The van der Waals surface area contributed by atoms with Gasteiger partial charge in [-0.1, -0.05) is 38.1 Å². The van der Waals surface area contributed by atoms with Gasteiger partial charge in [0.05, 0.1) is 6.04 Å². The lowest BCUT2D eigenvalue weighted by molar-refractivity contribution is -0.130. The zero-order valence-corrected chi connectivity index (χ0v) is 13.3. The first-order valence-electron chi connectivity index (χ1n) is 8.23. The first kappa shape index (κ1) is 14.6. The summed E-state index contributed by atoms with van der Waals surface area (Å²) < 4.78 is 0. The zero-order chi connectivity index (χ0) is 15.0. The number of amides is 1. The lowest BCUT2D eigenvalue weighted by Gasteiger charge is -2.28. The van der Waals surface area contributed by atoms with E-state index in [0.29, 0.717) is 5.92 Å². The molecule has 1 saturated carbocycles. The van der Waals surface area contributed by atoms with Crippen LogP contribution in [0.4, 0.5) is 0 Å². The van der Waals surface area contributed by atoms with Gasteiger partial charge in [0.15, 0.2) is 0 Å². The summed E-state index contributed by atoms with van der Waals surface area (Å²) in [6, 6.07) is 8.37. The Balaban J connectivity index is 1.85. The van der Waals surface area contributed by atoms with Gasteiger partial charge in [0.1, 0.15) is 6.17 Å². The van der Waals surface area contributed by atoms with E-state index in [0.717, 1.165) is 18.9 Å². The van der Waals surface area contributed by atoms with Crippen LogP contribution in [-0.4, -0.2) is 23.4 Å². The summed E-state index contributed by atoms with van der Waals surface area (Å²) in [6.07, 6.45) is 3.58. The fourth-order valence-corrected chi connectivity index (χ4v) is 3.44. The summed E-state index contributed by atoms with van der Waals surface area (Å²) in [6.45, 7) is 7.38. The standard InChI is InChI=1S/C18H26N2O/c1-4-16-18(21)20(11-13(3)14-9-10-14)17(19-16)15-8-6-5-7-12(15)2/h5-8,13-14,16-17,19H,4,9-11H2,1-3H3. The van der Waals surface area contributed by atoms with Crippen molar-refractivity contribution >= 4 is 5.91 Å². The number of nitrogens with zero attached hydrogens (tertiary/aromatic N) is 1. The molecular formula is C18H26N2O. The molecule has 114 valence electrons. The lowest BCUT2D eigenvalue weighted by Crippen LogP contribution is -2.35. The number of aryl methyl sites for hydroxylation is 1. The Morgan fingerprint density at radius 2 is 2.05 bits per heavy atom. The SMILES string of the molecule is CCC1NC(c2ccccc2C)N(CC(C)C2CC2)C1=O. The van der Waals surface area contributed by atoms with E-state index in [2.05, 4.69) is 55.3 Å². The van der Waals surface area contributed by atoms with Crippen LogP contribution in [0, 0.1) is 18.8 Å². The summed E-state index contributed by atoms with van der Waals surface area (Å²) in [5, 5.41) is 3.54. The number of carbonyl (C=O) groups is 1. The largest absolute Gasteiger partial charge is 0.321 e. The molecule has 3 atom stereocenters. The van der Waals surface area contributed by atoms with Crippen LogP contribution < -0.4 is 5.32 Å². The molecule has 21 heavy (non-hydrogen) atoms. The van der Waals surface area contributed by atoms with Gasteiger partial charge in [-0.2, -0.15) is 0 Å². The van der Waals surface area contributed by atoms with Crippen LogP contribution in [0.3, 0.4) is 0 Å². The molecule has 2 fully saturated rings. The van der Waals surface area contributed by atoms with E-state index in [-0.39, 0.29) is 18.1 Å². The number of carbonyl (C=O) groups excluding carboxylic acids is 1. The van der Waals surface area contributed by atoms with Crippen molar-refractivity contribution < 1.29 is 4.79 Å². The molecule has 2 aliphatic rings. The smallest absolute Gasteiger partial charge is 0.241 e. The van der Waals surface area contributed by atoms with E-state index in [9.17, 15) is 4.79 Å². The van der Waals surface area contributed by atoms with Crippen molar-refractivity contribution in [3.8, 4) is 0 Å². The van der Waals surface area contributed by atoms with Gasteiger partial charge in [0.25, 0.3) is 0 Å². The lowest BCUT2D eigenvalue weighted by atomic mass is 10.0. The van der Waals surface area contributed by atoms with E-state index < -0.39 is 0 Å². The van der Waals surface area contributed by atoms with Crippen LogP contribution >= 0.6 is 0 Å². The minimum atomic E-state index is -0.0268. The summed E-state index contributed by atoms with van der Waals surface area (Å²) in [5.41, 5.74) is 2.49. The molecule has 0 bridgehead atoms. The van der Waals surface area contributed by atoms with Crippen LogP contribution in [-0.2, 0) is 4.79 Å². The Labute approximate surface area is 127 Å². The first-order chi connectivity index (χ1) is 10.1. The highest BCUT2D eigenvalue weighted by Crippen LogP contribution is 2.39. The topological polar surface area (TPSA) is 32.3 Å². The van der Waals surface area contributed by atoms with E-state index in [1.54, 1.807) is 0 Å². The van der Waals surface area contributed by atoms with E-state index in [1.165, 1.54) is 24.0 Å². The fourth-order valence-electron chi connectivity index (χ4n) is 3.44. The Morgan fingerprint density at radius 3 is 2.67 bits per heavy atom. The van der Waals surface area contributed by atoms with E-state index >= 15 is 0 Å². The summed E-state index contributed by atoms with van der Waals surface area (Å²) in [5.74, 6) is 1.71. The van der Waals surface area contributed by atoms with Crippen LogP contribution in [0.25, 0.3) is 0 Å². The monoisotopic (exact) mass is 286 g/mol. The van der Waals surface area contributed by atoms with Gasteiger partial charge in [-0.3, -0.25) is 10.1 Å². The molecule has 1 amide bonds. The maximum atomic E-state index is 12.7. The highest BCUT2D eigenvalue weighted by atomic mass is 16.2. The quantitative estimate of drug-likeness (QED) is 0.901. The molecule has 1 saturated heterocycles. The van der Waals surface area contributed by atoms with Crippen molar-refractivity contribution in [2.24, 2.45) is 11.8 Å². The van der Waals surface area contributed by atoms with Gasteiger partial charge in [0, 0.05) is 6.54 Å².